The molecule has 0 aromatic heterocycles. The molecule has 6 nitrogen and oxygen atoms in total. The maximum Gasteiger partial charge on any atom is 0.0991 e. The molecule has 1 spiro atoms. The third-order valence-electron chi connectivity index (χ3n) is 3.20. The molecule has 0 N–H and O–H groups in total. The Balaban J connectivity index is 2.15. The number of nitrogens with zero attached hydrogens (tertiary/aromatic N) is 3. The molecule has 0 bridgehead atoms. The summed E-state index contributed by atoms with van der Waals surface area (Å²) in [5, 5.41) is 3.72. The van der Waals surface area contributed by atoms with Crippen LogP contribution in [0.2, 0.25) is 0 Å². The Morgan fingerprint density at radius 3 is 2.80 bits per heavy atom. The lowest BCUT2D eigenvalue weighted by atomic mass is 9.87. The fraction of sp³-hybridized carbons (Fsp3) is 1.00. The third-order valence-corrected chi connectivity index (χ3v) is 3.20. The van der Waals surface area contributed by atoms with Gasteiger partial charge in [-0.25, -0.2) is 0 Å². The second kappa shape index (κ2) is 4.37. The van der Waals surface area contributed by atoms with E-state index in [0.29, 0.717) is 19.8 Å². The first kappa shape index (κ1) is 10.7. The van der Waals surface area contributed by atoms with Crippen molar-refractivity contribution in [2.75, 3.05) is 26.9 Å². The predicted octanol–water partition coefficient (Wildman–Crippen LogP) is 1.26. The Morgan fingerprint density at radius 1 is 1.47 bits per heavy atom. The molecule has 15 heavy (non-hydrogen) atoms. The van der Waals surface area contributed by atoms with Gasteiger partial charge in [0.05, 0.1) is 24.4 Å². The molecule has 0 amide bonds. The highest BCUT2D eigenvalue weighted by molar-refractivity contribution is 5.02. The molecule has 0 radical (unpaired) electrons. The Hall–Kier alpha value is -0.810. The first-order valence-corrected chi connectivity index (χ1v) is 5.11. The lowest BCUT2D eigenvalue weighted by Gasteiger charge is -2.37. The molecule has 6 heteroatoms. The van der Waals surface area contributed by atoms with E-state index in [4.69, 9.17) is 19.7 Å². The Bertz CT molecular complexity index is 272. The lowest BCUT2D eigenvalue weighted by molar-refractivity contribution is -0.128. The Morgan fingerprint density at radius 2 is 2.20 bits per heavy atom. The van der Waals surface area contributed by atoms with Crippen molar-refractivity contribution in [1.82, 2.24) is 0 Å². The van der Waals surface area contributed by atoms with Gasteiger partial charge in [-0.2, -0.15) is 0 Å². The minimum Gasteiger partial charge on any atom is -0.381 e. The molecule has 2 rings (SSSR count). The zero-order chi connectivity index (χ0) is 10.7. The molecular formula is C9H15N3O3. The van der Waals surface area contributed by atoms with Gasteiger partial charge in [-0.15, -0.1) is 0 Å². The van der Waals surface area contributed by atoms with Gasteiger partial charge in [0.2, 0.25) is 0 Å². The smallest absolute Gasteiger partial charge is 0.0991 e. The zero-order valence-electron chi connectivity index (χ0n) is 8.76. The summed E-state index contributed by atoms with van der Waals surface area (Å²) in [6.45, 7) is 1.81. The summed E-state index contributed by atoms with van der Waals surface area (Å²) in [6, 6.07) is -0.210. The van der Waals surface area contributed by atoms with Crippen LogP contribution >= 0.6 is 0 Å². The molecule has 2 aliphatic rings. The zero-order valence-corrected chi connectivity index (χ0v) is 8.76. The van der Waals surface area contributed by atoms with Gasteiger partial charge in [0.25, 0.3) is 0 Å². The molecule has 84 valence electrons. The van der Waals surface area contributed by atoms with Crippen molar-refractivity contribution in [1.29, 1.82) is 0 Å². The van der Waals surface area contributed by atoms with Crippen LogP contribution in [0.25, 0.3) is 10.4 Å². The molecule has 0 aromatic carbocycles. The van der Waals surface area contributed by atoms with Crippen LogP contribution in [0.5, 0.6) is 0 Å². The van der Waals surface area contributed by atoms with Gasteiger partial charge in [-0.05, 0) is 5.53 Å². The molecule has 2 saturated heterocycles. The monoisotopic (exact) mass is 213 g/mol. The highest BCUT2D eigenvalue weighted by atomic mass is 16.6. The second-order valence-corrected chi connectivity index (χ2v) is 3.92. The summed E-state index contributed by atoms with van der Waals surface area (Å²) in [7, 11) is 1.64. The van der Waals surface area contributed by atoms with Gasteiger partial charge in [0.15, 0.2) is 0 Å². The molecule has 2 atom stereocenters. The highest BCUT2D eigenvalue weighted by Gasteiger charge is 2.50. The number of ether oxygens (including phenoxy) is 3. The largest absolute Gasteiger partial charge is 0.381 e. The molecule has 0 unspecified atom stereocenters. The number of hydrogen-bond acceptors (Lipinski definition) is 4. The highest BCUT2D eigenvalue weighted by Crippen LogP contribution is 2.38. The maximum atomic E-state index is 8.45. The average Bonchev–Trinajstić information content (AvgIpc) is 2.58. The SMILES string of the molecule is CO[C@@H]1[C@@H](N=[N+]=[N-])COC12CCOCC2. The molecule has 2 heterocycles. The van der Waals surface area contributed by atoms with E-state index in [2.05, 4.69) is 10.0 Å². The summed E-state index contributed by atoms with van der Waals surface area (Å²) in [5.41, 5.74) is 8.15. The second-order valence-electron chi connectivity index (χ2n) is 3.92. The van der Waals surface area contributed by atoms with Crippen LogP contribution in [0.1, 0.15) is 12.8 Å². The quantitative estimate of drug-likeness (QED) is 0.393. The van der Waals surface area contributed by atoms with E-state index >= 15 is 0 Å². The minimum absolute atomic E-state index is 0.141. The fourth-order valence-electron chi connectivity index (χ4n) is 2.45. The first-order valence-electron chi connectivity index (χ1n) is 5.11. The number of azide groups is 1. The summed E-state index contributed by atoms with van der Waals surface area (Å²) in [5.74, 6) is 0. The van der Waals surface area contributed by atoms with Crippen LogP contribution in [0.4, 0.5) is 0 Å². The maximum absolute atomic E-state index is 8.45. The van der Waals surface area contributed by atoms with Crippen LogP contribution in [-0.2, 0) is 14.2 Å². The molecule has 2 aliphatic heterocycles. The molecule has 0 saturated carbocycles. The number of hydrogen-bond donors (Lipinski definition) is 0. The van der Waals surface area contributed by atoms with Gasteiger partial charge in [0, 0.05) is 38.1 Å². The van der Waals surface area contributed by atoms with Crippen LogP contribution < -0.4 is 0 Å². The van der Waals surface area contributed by atoms with E-state index in [1.165, 1.54) is 0 Å². The topological polar surface area (TPSA) is 76.5 Å². The van der Waals surface area contributed by atoms with Crippen molar-refractivity contribution in [3.63, 3.8) is 0 Å². The van der Waals surface area contributed by atoms with Crippen molar-refractivity contribution in [2.45, 2.75) is 30.6 Å². The van der Waals surface area contributed by atoms with Crippen LogP contribution in [0.15, 0.2) is 5.11 Å². The molecule has 0 aliphatic carbocycles. The van der Waals surface area contributed by atoms with Crippen molar-refractivity contribution in [3.8, 4) is 0 Å². The third kappa shape index (κ3) is 1.81. The van der Waals surface area contributed by atoms with Gasteiger partial charge in [-0.1, -0.05) is 5.11 Å². The normalized spacial score (nSPS) is 33.9. The molecule has 0 aromatic rings. The van der Waals surface area contributed by atoms with E-state index in [9.17, 15) is 0 Å². The Labute approximate surface area is 88.1 Å². The lowest BCUT2D eigenvalue weighted by Crippen LogP contribution is -2.47. The van der Waals surface area contributed by atoms with Crippen LogP contribution in [-0.4, -0.2) is 44.7 Å². The number of methoxy groups -OCH3 is 1. The van der Waals surface area contributed by atoms with Gasteiger partial charge in [-0.3, -0.25) is 0 Å². The van der Waals surface area contributed by atoms with Gasteiger partial charge >= 0.3 is 0 Å². The van der Waals surface area contributed by atoms with Crippen LogP contribution in [0, 0.1) is 0 Å². The summed E-state index contributed by atoms with van der Waals surface area (Å²) in [4.78, 5) is 2.83. The summed E-state index contributed by atoms with van der Waals surface area (Å²) >= 11 is 0. The first-order chi connectivity index (χ1) is 7.32. The minimum atomic E-state index is -0.300. The van der Waals surface area contributed by atoms with Crippen molar-refractivity contribution >= 4 is 0 Å². The van der Waals surface area contributed by atoms with E-state index in [1.807, 2.05) is 0 Å². The van der Waals surface area contributed by atoms with Gasteiger partial charge < -0.3 is 14.2 Å². The predicted molar refractivity (Wildman–Crippen MR) is 52.5 cm³/mol. The van der Waals surface area contributed by atoms with Crippen LogP contribution in [0.3, 0.4) is 0 Å². The van der Waals surface area contributed by atoms with Crippen molar-refractivity contribution in [2.24, 2.45) is 5.11 Å². The van der Waals surface area contributed by atoms with E-state index in [-0.39, 0.29) is 17.7 Å². The average molecular weight is 213 g/mol. The fourth-order valence-corrected chi connectivity index (χ4v) is 2.45. The van der Waals surface area contributed by atoms with E-state index in [1.54, 1.807) is 7.11 Å². The number of rotatable bonds is 2. The van der Waals surface area contributed by atoms with Crippen molar-refractivity contribution in [3.05, 3.63) is 10.4 Å². The standard InChI is InChI=1S/C9H15N3O3/c1-13-8-7(11-12-10)6-15-9(8)2-4-14-5-3-9/h7-8H,2-6H2,1H3/t7-,8+/m0/s1. The van der Waals surface area contributed by atoms with E-state index in [0.717, 1.165) is 12.8 Å². The molecular weight excluding hydrogens is 198 g/mol. The Kier molecular flexibility index (Phi) is 3.11. The van der Waals surface area contributed by atoms with Crippen molar-refractivity contribution < 1.29 is 14.2 Å². The summed E-state index contributed by atoms with van der Waals surface area (Å²) < 4.78 is 16.5. The van der Waals surface area contributed by atoms with E-state index < -0.39 is 0 Å². The van der Waals surface area contributed by atoms with Gasteiger partial charge in [0.1, 0.15) is 0 Å². The molecule has 2 fully saturated rings. The summed E-state index contributed by atoms with van der Waals surface area (Å²) in [6.07, 6.45) is 1.48.